The molecule has 1 aromatic heterocycles. The van der Waals surface area contributed by atoms with E-state index >= 15 is 0 Å². The average molecular weight is 439 g/mol. The van der Waals surface area contributed by atoms with Gasteiger partial charge < -0.3 is 19.0 Å². The van der Waals surface area contributed by atoms with Crippen LogP contribution >= 0.6 is 11.8 Å². The van der Waals surface area contributed by atoms with Crippen molar-refractivity contribution in [3.63, 3.8) is 0 Å². The van der Waals surface area contributed by atoms with E-state index in [1.807, 2.05) is 29.2 Å². The standard InChI is InChI=1S/C23H26N4O3S/c1-17-6-5-8-19(14-17)26-10-12-27(13-11-26)22(28)16-31-23-25-24-21(30-23)15-18-7-3-4-9-20(18)29-2/h3-9,14H,10-13,15-16H2,1-2H3. The fourth-order valence-corrected chi connectivity index (χ4v) is 4.32. The number of benzene rings is 2. The average Bonchev–Trinajstić information content (AvgIpc) is 3.25. The molecule has 4 rings (SSSR count). The molecule has 1 amide bonds. The van der Waals surface area contributed by atoms with E-state index in [4.69, 9.17) is 9.15 Å². The van der Waals surface area contributed by atoms with Crippen LogP contribution in [0.1, 0.15) is 17.0 Å². The Morgan fingerprint density at radius 1 is 1.10 bits per heavy atom. The second-order valence-electron chi connectivity index (χ2n) is 7.45. The zero-order valence-electron chi connectivity index (χ0n) is 17.8. The third kappa shape index (κ3) is 5.38. The summed E-state index contributed by atoms with van der Waals surface area (Å²) in [5.74, 6) is 1.68. The second kappa shape index (κ2) is 9.87. The molecular formula is C23H26N4O3S. The van der Waals surface area contributed by atoms with Gasteiger partial charge in [0.1, 0.15) is 5.75 Å². The van der Waals surface area contributed by atoms with Crippen molar-refractivity contribution in [3.05, 3.63) is 65.5 Å². The molecule has 0 spiro atoms. The molecule has 1 aliphatic rings. The number of methoxy groups -OCH3 is 1. The van der Waals surface area contributed by atoms with Gasteiger partial charge in [0.25, 0.3) is 5.22 Å². The fraction of sp³-hybridized carbons (Fsp3) is 0.348. The highest BCUT2D eigenvalue weighted by Crippen LogP contribution is 2.23. The van der Waals surface area contributed by atoms with Crippen LogP contribution in [0.15, 0.2) is 58.2 Å². The van der Waals surface area contributed by atoms with E-state index < -0.39 is 0 Å². The number of carbonyl (C=O) groups is 1. The van der Waals surface area contributed by atoms with E-state index in [9.17, 15) is 4.79 Å². The van der Waals surface area contributed by atoms with Gasteiger partial charge in [-0.2, -0.15) is 0 Å². The van der Waals surface area contributed by atoms with E-state index in [-0.39, 0.29) is 5.91 Å². The Hall–Kier alpha value is -3.00. The number of hydrogen-bond acceptors (Lipinski definition) is 7. The molecule has 0 N–H and O–H groups in total. The monoisotopic (exact) mass is 438 g/mol. The number of anilines is 1. The lowest BCUT2D eigenvalue weighted by molar-refractivity contribution is -0.128. The Kier molecular flexibility index (Phi) is 6.76. The van der Waals surface area contributed by atoms with Gasteiger partial charge in [-0.05, 0) is 30.7 Å². The maximum absolute atomic E-state index is 12.6. The Bertz CT molecular complexity index is 1030. The minimum absolute atomic E-state index is 0.0957. The molecule has 0 atom stereocenters. The number of nitrogens with zero attached hydrogens (tertiary/aromatic N) is 4. The van der Waals surface area contributed by atoms with Gasteiger partial charge in [-0.15, -0.1) is 10.2 Å². The summed E-state index contributed by atoms with van der Waals surface area (Å²) in [4.78, 5) is 16.9. The quantitative estimate of drug-likeness (QED) is 0.524. The van der Waals surface area contributed by atoms with Crippen molar-refractivity contribution in [3.8, 4) is 5.75 Å². The molecule has 1 saturated heterocycles. The van der Waals surface area contributed by atoms with Crippen molar-refractivity contribution in [1.29, 1.82) is 0 Å². The number of carbonyl (C=O) groups excluding carboxylic acids is 1. The number of aromatic nitrogens is 2. The van der Waals surface area contributed by atoms with E-state index in [0.717, 1.165) is 37.5 Å². The third-order valence-corrected chi connectivity index (χ3v) is 6.10. The Labute approximate surface area is 186 Å². The van der Waals surface area contributed by atoms with Crippen molar-refractivity contribution < 1.29 is 13.9 Å². The minimum atomic E-state index is 0.0957. The van der Waals surface area contributed by atoms with Crippen LogP contribution in [0.3, 0.4) is 0 Å². The van der Waals surface area contributed by atoms with Gasteiger partial charge >= 0.3 is 0 Å². The number of hydrogen-bond donors (Lipinski definition) is 0. The number of aryl methyl sites for hydroxylation is 1. The number of rotatable bonds is 7. The number of para-hydroxylation sites is 1. The zero-order valence-corrected chi connectivity index (χ0v) is 18.6. The highest BCUT2D eigenvalue weighted by atomic mass is 32.2. The van der Waals surface area contributed by atoms with Crippen molar-refractivity contribution >= 4 is 23.4 Å². The summed E-state index contributed by atoms with van der Waals surface area (Å²) in [5.41, 5.74) is 3.44. The van der Waals surface area contributed by atoms with Gasteiger partial charge in [0, 0.05) is 37.4 Å². The van der Waals surface area contributed by atoms with E-state index in [0.29, 0.717) is 23.3 Å². The second-order valence-corrected chi connectivity index (χ2v) is 8.37. The molecule has 1 fully saturated rings. The fourth-order valence-electron chi connectivity index (χ4n) is 3.63. The van der Waals surface area contributed by atoms with Gasteiger partial charge in [0.2, 0.25) is 11.8 Å². The maximum Gasteiger partial charge on any atom is 0.277 e. The number of thioether (sulfide) groups is 1. The molecule has 3 aromatic rings. The zero-order chi connectivity index (χ0) is 21.6. The van der Waals surface area contributed by atoms with Crippen molar-refractivity contribution in [2.45, 2.75) is 18.6 Å². The summed E-state index contributed by atoms with van der Waals surface area (Å²) < 4.78 is 11.1. The van der Waals surface area contributed by atoms with Crippen molar-refractivity contribution in [2.75, 3.05) is 43.9 Å². The predicted octanol–water partition coefficient (Wildman–Crippen LogP) is 3.42. The molecule has 7 nitrogen and oxygen atoms in total. The van der Waals surface area contributed by atoms with Crippen LogP contribution in [0.25, 0.3) is 0 Å². The Morgan fingerprint density at radius 3 is 2.68 bits per heavy atom. The summed E-state index contributed by atoms with van der Waals surface area (Å²) in [5, 5.41) is 8.59. The lowest BCUT2D eigenvalue weighted by Gasteiger charge is -2.36. The molecule has 0 bridgehead atoms. The highest BCUT2D eigenvalue weighted by molar-refractivity contribution is 7.99. The Balaban J connectivity index is 1.26. The van der Waals surface area contributed by atoms with Crippen LogP contribution in [0.2, 0.25) is 0 Å². The molecule has 0 radical (unpaired) electrons. The first-order chi connectivity index (χ1) is 15.1. The molecule has 2 aromatic carbocycles. The van der Waals surface area contributed by atoms with Gasteiger partial charge in [-0.1, -0.05) is 42.1 Å². The smallest absolute Gasteiger partial charge is 0.277 e. The van der Waals surface area contributed by atoms with Gasteiger partial charge in [-0.3, -0.25) is 4.79 Å². The van der Waals surface area contributed by atoms with Crippen LogP contribution in [0, 0.1) is 6.92 Å². The molecule has 0 saturated carbocycles. The lowest BCUT2D eigenvalue weighted by atomic mass is 10.1. The van der Waals surface area contributed by atoms with Gasteiger partial charge in [-0.25, -0.2) is 0 Å². The maximum atomic E-state index is 12.6. The SMILES string of the molecule is COc1ccccc1Cc1nnc(SCC(=O)N2CCN(c3cccc(C)c3)CC2)o1. The number of ether oxygens (including phenoxy) is 1. The minimum Gasteiger partial charge on any atom is -0.496 e. The lowest BCUT2D eigenvalue weighted by Crippen LogP contribution is -2.49. The molecule has 31 heavy (non-hydrogen) atoms. The largest absolute Gasteiger partial charge is 0.496 e. The first kappa shape index (κ1) is 21.2. The summed E-state index contributed by atoms with van der Waals surface area (Å²) in [7, 11) is 1.64. The van der Waals surface area contributed by atoms with Crippen LogP contribution in [-0.2, 0) is 11.2 Å². The summed E-state index contributed by atoms with van der Waals surface area (Å²) >= 11 is 1.29. The molecule has 2 heterocycles. The van der Waals surface area contributed by atoms with E-state index in [1.165, 1.54) is 23.0 Å². The number of amides is 1. The summed E-state index contributed by atoms with van der Waals surface area (Å²) in [6, 6.07) is 16.2. The molecule has 0 unspecified atom stereocenters. The summed E-state index contributed by atoms with van der Waals surface area (Å²) in [6.07, 6.45) is 0.492. The molecule has 8 heteroatoms. The van der Waals surface area contributed by atoms with Crippen molar-refractivity contribution in [1.82, 2.24) is 15.1 Å². The molecular weight excluding hydrogens is 412 g/mol. The van der Waals surface area contributed by atoms with Gasteiger partial charge in [0.15, 0.2) is 0 Å². The highest BCUT2D eigenvalue weighted by Gasteiger charge is 2.22. The van der Waals surface area contributed by atoms with Crippen LogP contribution in [-0.4, -0.2) is 60.0 Å². The first-order valence-electron chi connectivity index (χ1n) is 10.3. The van der Waals surface area contributed by atoms with Crippen molar-refractivity contribution in [2.24, 2.45) is 0 Å². The molecule has 1 aliphatic heterocycles. The normalized spacial score (nSPS) is 14.0. The van der Waals surface area contributed by atoms with Crippen LogP contribution in [0.4, 0.5) is 5.69 Å². The van der Waals surface area contributed by atoms with Crippen LogP contribution in [0.5, 0.6) is 5.75 Å². The van der Waals surface area contributed by atoms with Gasteiger partial charge in [0.05, 0.1) is 19.3 Å². The predicted molar refractivity (Wildman–Crippen MR) is 121 cm³/mol. The molecule has 0 aliphatic carbocycles. The third-order valence-electron chi connectivity index (χ3n) is 5.30. The van der Waals surface area contributed by atoms with Crippen LogP contribution < -0.4 is 9.64 Å². The Morgan fingerprint density at radius 2 is 1.90 bits per heavy atom. The van der Waals surface area contributed by atoms with E-state index in [2.05, 4.69) is 46.3 Å². The molecule has 162 valence electrons. The summed E-state index contributed by atoms with van der Waals surface area (Å²) in [6.45, 7) is 5.21. The van der Waals surface area contributed by atoms with E-state index in [1.54, 1.807) is 7.11 Å². The number of piperazine rings is 1. The first-order valence-corrected chi connectivity index (χ1v) is 11.3. The topological polar surface area (TPSA) is 71.7 Å².